The molecule has 3 aromatic carbocycles. The summed E-state index contributed by atoms with van der Waals surface area (Å²) in [4.78, 5) is 26.3. The summed E-state index contributed by atoms with van der Waals surface area (Å²) in [5, 5.41) is 9.03. The SMILES string of the molecule is Cc1ccc(N(c2ccccc2)c2ccc(C=C3SC(=S)C(CC(=O)O)C3=O)cc2)cc1. The lowest BCUT2D eigenvalue weighted by Crippen LogP contribution is -2.17. The first-order valence-electron chi connectivity index (χ1n) is 10.1. The van der Waals surface area contributed by atoms with Gasteiger partial charge < -0.3 is 10.0 Å². The van der Waals surface area contributed by atoms with Crippen LogP contribution in [0.25, 0.3) is 6.08 Å². The number of carbonyl (C=O) groups is 2. The Kier molecular flexibility index (Phi) is 6.53. The Bertz CT molecular complexity index is 1190. The van der Waals surface area contributed by atoms with Gasteiger partial charge in [0.05, 0.1) is 21.4 Å². The number of benzene rings is 3. The first kappa shape index (κ1) is 22.0. The third kappa shape index (κ3) is 4.82. The molecule has 160 valence electrons. The summed E-state index contributed by atoms with van der Waals surface area (Å²) in [5.74, 6) is -1.96. The molecule has 1 unspecified atom stereocenters. The fourth-order valence-electron chi connectivity index (χ4n) is 3.55. The van der Waals surface area contributed by atoms with Gasteiger partial charge >= 0.3 is 5.97 Å². The van der Waals surface area contributed by atoms with Crippen molar-refractivity contribution in [1.29, 1.82) is 0 Å². The normalized spacial score (nSPS) is 17.0. The zero-order chi connectivity index (χ0) is 22.7. The average Bonchev–Trinajstić information content (AvgIpc) is 3.04. The molecule has 3 aromatic rings. The number of thiocarbonyl (C=S) groups is 1. The second kappa shape index (κ2) is 9.51. The topological polar surface area (TPSA) is 57.6 Å². The number of Topliss-reactive ketones (excluding diaryl/α,β-unsaturated/α-hetero) is 1. The third-order valence-electron chi connectivity index (χ3n) is 5.19. The molecule has 0 bridgehead atoms. The van der Waals surface area contributed by atoms with E-state index in [2.05, 4.69) is 48.2 Å². The Hall–Kier alpha value is -3.22. The quantitative estimate of drug-likeness (QED) is 0.334. The van der Waals surface area contributed by atoms with E-state index in [1.807, 2.05) is 42.5 Å². The number of carboxylic acid groups (broad SMARTS) is 1. The number of nitrogens with zero attached hydrogens (tertiary/aromatic N) is 1. The van der Waals surface area contributed by atoms with Gasteiger partial charge in [0.15, 0.2) is 5.78 Å². The molecule has 1 aliphatic rings. The van der Waals surface area contributed by atoms with E-state index in [1.165, 1.54) is 17.3 Å². The molecule has 0 aliphatic carbocycles. The predicted octanol–water partition coefficient (Wildman–Crippen LogP) is 6.54. The van der Waals surface area contributed by atoms with Crippen molar-refractivity contribution in [2.45, 2.75) is 13.3 Å². The molecule has 1 atom stereocenters. The van der Waals surface area contributed by atoms with Crippen molar-refractivity contribution in [3.8, 4) is 0 Å². The number of carboxylic acids is 1. The second-order valence-corrected chi connectivity index (χ2v) is 9.32. The summed E-state index contributed by atoms with van der Waals surface area (Å²) in [7, 11) is 0. The van der Waals surface area contributed by atoms with E-state index < -0.39 is 11.9 Å². The summed E-state index contributed by atoms with van der Waals surface area (Å²) in [6.07, 6.45) is 1.52. The monoisotopic (exact) mass is 459 g/mol. The standard InChI is InChI=1S/C26H21NO3S2/c1-17-7-11-20(12-8-17)27(19-5-3-2-4-6-19)21-13-9-18(10-14-21)15-23-25(30)22(16-24(28)29)26(31)32-23/h2-15,22H,16H2,1H3,(H,28,29). The molecule has 1 N–H and O–H groups in total. The molecule has 1 saturated heterocycles. The maximum Gasteiger partial charge on any atom is 0.304 e. The lowest BCUT2D eigenvalue weighted by molar-refractivity contribution is -0.139. The van der Waals surface area contributed by atoms with Crippen LogP contribution in [0.5, 0.6) is 0 Å². The van der Waals surface area contributed by atoms with Crippen LogP contribution < -0.4 is 4.90 Å². The first-order valence-corrected chi connectivity index (χ1v) is 11.4. The number of anilines is 3. The highest BCUT2D eigenvalue weighted by molar-refractivity contribution is 8.27. The van der Waals surface area contributed by atoms with Crippen molar-refractivity contribution in [3.05, 3.63) is 94.9 Å². The van der Waals surface area contributed by atoms with E-state index >= 15 is 0 Å². The van der Waals surface area contributed by atoms with Gasteiger partial charge in [0.25, 0.3) is 0 Å². The number of carbonyl (C=O) groups excluding carboxylic acids is 1. The Morgan fingerprint density at radius 3 is 2.12 bits per heavy atom. The number of hydrogen-bond acceptors (Lipinski definition) is 5. The smallest absolute Gasteiger partial charge is 0.304 e. The van der Waals surface area contributed by atoms with Gasteiger partial charge in [0.2, 0.25) is 0 Å². The molecule has 0 saturated carbocycles. The van der Waals surface area contributed by atoms with Gasteiger partial charge in [-0.1, -0.05) is 72.0 Å². The molecule has 1 aliphatic heterocycles. The summed E-state index contributed by atoms with van der Waals surface area (Å²) in [5.41, 5.74) is 5.15. The summed E-state index contributed by atoms with van der Waals surface area (Å²) in [6, 6.07) is 26.4. The maximum absolute atomic E-state index is 12.6. The van der Waals surface area contributed by atoms with Crippen LogP contribution in [0.2, 0.25) is 0 Å². The predicted molar refractivity (Wildman–Crippen MR) is 135 cm³/mol. The number of hydrogen-bond donors (Lipinski definition) is 1. The number of aryl methyl sites for hydroxylation is 1. The van der Waals surface area contributed by atoms with E-state index in [1.54, 1.807) is 6.08 Å². The minimum atomic E-state index is -1.02. The first-order chi connectivity index (χ1) is 15.4. The van der Waals surface area contributed by atoms with Crippen LogP contribution in [0.4, 0.5) is 17.1 Å². The van der Waals surface area contributed by atoms with Crippen LogP contribution in [-0.2, 0) is 9.59 Å². The minimum absolute atomic E-state index is 0.211. The van der Waals surface area contributed by atoms with E-state index in [0.717, 1.165) is 22.6 Å². The zero-order valence-corrected chi connectivity index (χ0v) is 19.0. The van der Waals surface area contributed by atoms with Crippen molar-refractivity contribution < 1.29 is 14.7 Å². The van der Waals surface area contributed by atoms with Crippen LogP contribution in [0.3, 0.4) is 0 Å². The van der Waals surface area contributed by atoms with Crippen molar-refractivity contribution >= 4 is 63.1 Å². The lowest BCUT2D eigenvalue weighted by Gasteiger charge is -2.25. The minimum Gasteiger partial charge on any atom is -0.481 e. The molecule has 4 nitrogen and oxygen atoms in total. The molecule has 4 rings (SSSR count). The summed E-state index contributed by atoms with van der Waals surface area (Å²) >= 11 is 6.43. The molecular formula is C26H21NO3S2. The molecule has 0 radical (unpaired) electrons. The van der Waals surface area contributed by atoms with E-state index in [0.29, 0.717) is 9.10 Å². The largest absolute Gasteiger partial charge is 0.481 e. The number of aliphatic carboxylic acids is 1. The van der Waals surface area contributed by atoms with Gasteiger partial charge in [0, 0.05) is 17.1 Å². The van der Waals surface area contributed by atoms with Crippen LogP contribution in [0.1, 0.15) is 17.5 Å². The zero-order valence-electron chi connectivity index (χ0n) is 17.4. The van der Waals surface area contributed by atoms with Crippen molar-refractivity contribution in [2.75, 3.05) is 4.90 Å². The van der Waals surface area contributed by atoms with Crippen LogP contribution in [-0.4, -0.2) is 21.1 Å². The summed E-state index contributed by atoms with van der Waals surface area (Å²) in [6.45, 7) is 2.06. The van der Waals surface area contributed by atoms with Gasteiger partial charge in [-0.25, -0.2) is 0 Å². The van der Waals surface area contributed by atoms with E-state index in [4.69, 9.17) is 17.3 Å². The van der Waals surface area contributed by atoms with Gasteiger partial charge in [-0.2, -0.15) is 0 Å². The highest BCUT2D eigenvalue weighted by atomic mass is 32.2. The van der Waals surface area contributed by atoms with E-state index in [9.17, 15) is 9.59 Å². The maximum atomic E-state index is 12.6. The average molecular weight is 460 g/mol. The Balaban J connectivity index is 1.63. The summed E-state index contributed by atoms with van der Waals surface area (Å²) < 4.78 is 0.426. The Morgan fingerprint density at radius 1 is 0.969 bits per heavy atom. The second-order valence-electron chi connectivity index (χ2n) is 7.54. The molecule has 0 amide bonds. The van der Waals surface area contributed by atoms with Gasteiger partial charge in [-0.05, 0) is 55.0 Å². The Morgan fingerprint density at radius 2 is 1.53 bits per heavy atom. The molecule has 0 aromatic heterocycles. The van der Waals surface area contributed by atoms with Crippen LogP contribution in [0.15, 0.2) is 83.8 Å². The van der Waals surface area contributed by atoms with Crippen LogP contribution >= 0.6 is 24.0 Å². The molecule has 32 heavy (non-hydrogen) atoms. The van der Waals surface area contributed by atoms with Crippen LogP contribution in [0, 0.1) is 12.8 Å². The molecule has 1 fully saturated rings. The van der Waals surface area contributed by atoms with Gasteiger partial charge in [-0.15, -0.1) is 0 Å². The van der Waals surface area contributed by atoms with Gasteiger partial charge in [-0.3, -0.25) is 9.59 Å². The molecular weight excluding hydrogens is 438 g/mol. The third-order valence-corrected chi connectivity index (χ3v) is 6.75. The van der Waals surface area contributed by atoms with E-state index in [-0.39, 0.29) is 12.2 Å². The van der Waals surface area contributed by atoms with Crippen molar-refractivity contribution in [1.82, 2.24) is 0 Å². The van der Waals surface area contributed by atoms with Crippen molar-refractivity contribution in [2.24, 2.45) is 5.92 Å². The van der Waals surface area contributed by atoms with Gasteiger partial charge in [0.1, 0.15) is 0 Å². The van der Waals surface area contributed by atoms with Crippen molar-refractivity contribution in [3.63, 3.8) is 0 Å². The molecule has 6 heteroatoms. The molecule has 0 spiro atoms. The molecule has 1 heterocycles. The fourth-order valence-corrected chi connectivity index (χ4v) is 5.00. The number of ketones is 1. The number of para-hydroxylation sites is 1. The number of thioether (sulfide) groups is 1. The highest BCUT2D eigenvalue weighted by Gasteiger charge is 2.36. The lowest BCUT2D eigenvalue weighted by atomic mass is 10.0. The highest BCUT2D eigenvalue weighted by Crippen LogP contribution is 2.38. The fraction of sp³-hybridized carbons (Fsp3) is 0.115. The number of allylic oxidation sites excluding steroid dienone is 1. The number of rotatable bonds is 6. The Labute approximate surface area is 196 Å².